The minimum Gasteiger partial charge on any atom is -0.163 e. The highest BCUT2D eigenvalue weighted by molar-refractivity contribution is 5.27. The summed E-state index contributed by atoms with van der Waals surface area (Å²) in [7, 11) is 0. The van der Waals surface area contributed by atoms with Gasteiger partial charge in [0.25, 0.3) is 5.82 Å². The van der Waals surface area contributed by atoms with E-state index in [0.29, 0.717) is 5.69 Å². The fraction of sp³-hybridized carbons (Fsp3) is 0.125. The van der Waals surface area contributed by atoms with Crippen LogP contribution in [0, 0.1) is 0 Å². The monoisotopic (exact) mass is 214 g/mol. The molecular weight excluding hydrogens is 209 g/mol. The fourth-order valence-electron chi connectivity index (χ4n) is 0.999. The molecule has 1 aromatic heterocycles. The second kappa shape index (κ2) is 3.34. The van der Waals surface area contributed by atoms with Crippen molar-refractivity contribution in [1.82, 2.24) is 20.2 Å². The Morgan fingerprint density at radius 3 is 2.27 bits per heavy atom. The minimum atomic E-state index is -4.56. The predicted octanol–water partition coefficient (Wildman–Crippen LogP) is 1.68. The lowest BCUT2D eigenvalue weighted by molar-refractivity contribution is -0.145. The van der Waals surface area contributed by atoms with Crippen LogP contribution in [0.5, 0.6) is 0 Å². The summed E-state index contributed by atoms with van der Waals surface area (Å²) in [5, 5.41) is 9.45. The number of rotatable bonds is 1. The first-order chi connectivity index (χ1) is 7.07. The molecule has 7 heteroatoms. The molecule has 4 nitrogen and oxygen atoms in total. The first-order valence-electron chi connectivity index (χ1n) is 4.00. The van der Waals surface area contributed by atoms with Crippen molar-refractivity contribution in [2.24, 2.45) is 0 Å². The summed E-state index contributed by atoms with van der Waals surface area (Å²) in [6.45, 7) is 0. The molecule has 0 amide bonds. The fourth-order valence-corrected chi connectivity index (χ4v) is 0.999. The van der Waals surface area contributed by atoms with E-state index < -0.39 is 12.0 Å². The molecule has 0 fully saturated rings. The molecule has 78 valence electrons. The third-order valence-corrected chi connectivity index (χ3v) is 1.65. The van der Waals surface area contributed by atoms with E-state index in [0.717, 1.165) is 4.80 Å². The van der Waals surface area contributed by atoms with Crippen LogP contribution in [0.3, 0.4) is 0 Å². The van der Waals surface area contributed by atoms with E-state index in [2.05, 4.69) is 15.4 Å². The molecule has 0 atom stereocenters. The smallest absolute Gasteiger partial charge is 0.163 e. The van der Waals surface area contributed by atoms with Gasteiger partial charge in [0, 0.05) is 0 Å². The zero-order valence-corrected chi connectivity index (χ0v) is 7.31. The number of hydrogen-bond acceptors (Lipinski definition) is 3. The van der Waals surface area contributed by atoms with Crippen LogP contribution >= 0.6 is 0 Å². The Morgan fingerprint density at radius 2 is 1.73 bits per heavy atom. The van der Waals surface area contributed by atoms with Crippen molar-refractivity contribution >= 4 is 0 Å². The zero-order chi connectivity index (χ0) is 10.9. The maximum absolute atomic E-state index is 12.1. The van der Waals surface area contributed by atoms with E-state index >= 15 is 0 Å². The van der Waals surface area contributed by atoms with Gasteiger partial charge in [0.05, 0.1) is 5.69 Å². The standard InChI is InChI=1S/C8H5F3N4/c9-8(10,11)7-12-14-15(13-7)6-4-2-1-3-5-6/h1-5H. The number of benzene rings is 1. The second-order valence-corrected chi connectivity index (χ2v) is 2.74. The Balaban J connectivity index is 2.37. The number of aromatic nitrogens is 4. The van der Waals surface area contributed by atoms with Gasteiger partial charge in [-0.3, -0.25) is 0 Å². The van der Waals surface area contributed by atoms with Gasteiger partial charge in [-0.1, -0.05) is 18.2 Å². The molecule has 0 aliphatic heterocycles. The molecule has 0 aliphatic carbocycles. The highest BCUT2D eigenvalue weighted by Gasteiger charge is 2.36. The molecule has 0 aliphatic rings. The summed E-state index contributed by atoms with van der Waals surface area (Å²) in [5.74, 6) is -1.24. The number of para-hydroxylation sites is 1. The first kappa shape index (κ1) is 9.63. The number of tetrazole rings is 1. The lowest BCUT2D eigenvalue weighted by atomic mass is 10.3. The molecular formula is C8H5F3N4. The van der Waals surface area contributed by atoms with Gasteiger partial charge in [-0.05, 0) is 17.3 Å². The van der Waals surface area contributed by atoms with Crippen molar-refractivity contribution < 1.29 is 13.2 Å². The van der Waals surface area contributed by atoms with E-state index in [9.17, 15) is 13.2 Å². The van der Waals surface area contributed by atoms with Gasteiger partial charge < -0.3 is 0 Å². The molecule has 0 N–H and O–H groups in total. The average Bonchev–Trinajstić information content (AvgIpc) is 2.67. The van der Waals surface area contributed by atoms with Crippen LogP contribution in [0.4, 0.5) is 13.2 Å². The van der Waals surface area contributed by atoms with Crippen LogP contribution in [0.1, 0.15) is 5.82 Å². The summed E-state index contributed by atoms with van der Waals surface area (Å²) in [6.07, 6.45) is -4.56. The molecule has 0 bridgehead atoms. The molecule has 0 radical (unpaired) electrons. The van der Waals surface area contributed by atoms with Crippen LogP contribution in [0.2, 0.25) is 0 Å². The van der Waals surface area contributed by atoms with E-state index in [1.807, 2.05) is 0 Å². The molecule has 1 aromatic carbocycles. The van der Waals surface area contributed by atoms with Gasteiger partial charge >= 0.3 is 6.18 Å². The number of halogens is 3. The van der Waals surface area contributed by atoms with Crippen LogP contribution in [0.15, 0.2) is 30.3 Å². The average molecular weight is 214 g/mol. The van der Waals surface area contributed by atoms with Gasteiger partial charge in [-0.2, -0.15) is 13.2 Å². The van der Waals surface area contributed by atoms with Crippen molar-refractivity contribution in [3.63, 3.8) is 0 Å². The maximum Gasteiger partial charge on any atom is 0.455 e. The Kier molecular flexibility index (Phi) is 2.14. The van der Waals surface area contributed by atoms with Crippen molar-refractivity contribution in [2.75, 3.05) is 0 Å². The lowest BCUT2D eigenvalue weighted by Gasteiger charge is -1.98. The highest BCUT2D eigenvalue weighted by atomic mass is 19.4. The summed E-state index contributed by atoms with van der Waals surface area (Å²) in [4.78, 5) is 0.836. The summed E-state index contributed by atoms with van der Waals surface area (Å²) in [6, 6.07) is 8.26. The van der Waals surface area contributed by atoms with Gasteiger partial charge in [-0.15, -0.1) is 15.0 Å². The van der Waals surface area contributed by atoms with Gasteiger partial charge in [-0.25, -0.2) is 0 Å². The Morgan fingerprint density at radius 1 is 1.07 bits per heavy atom. The first-order valence-corrected chi connectivity index (χ1v) is 4.00. The van der Waals surface area contributed by atoms with Crippen molar-refractivity contribution in [3.8, 4) is 5.69 Å². The van der Waals surface area contributed by atoms with Crippen LogP contribution in [0.25, 0.3) is 5.69 Å². The molecule has 15 heavy (non-hydrogen) atoms. The van der Waals surface area contributed by atoms with E-state index in [-0.39, 0.29) is 0 Å². The van der Waals surface area contributed by atoms with Gasteiger partial charge in [0.2, 0.25) is 0 Å². The Labute approximate surface area is 82.3 Å². The highest BCUT2D eigenvalue weighted by Crippen LogP contribution is 2.25. The molecule has 0 saturated carbocycles. The van der Waals surface area contributed by atoms with Crippen LogP contribution < -0.4 is 0 Å². The maximum atomic E-state index is 12.1. The van der Waals surface area contributed by atoms with Crippen molar-refractivity contribution in [2.45, 2.75) is 6.18 Å². The van der Waals surface area contributed by atoms with Gasteiger partial charge in [0.15, 0.2) is 0 Å². The minimum absolute atomic E-state index is 0.431. The molecule has 0 saturated heterocycles. The van der Waals surface area contributed by atoms with Crippen LogP contribution in [-0.2, 0) is 6.18 Å². The van der Waals surface area contributed by atoms with Gasteiger partial charge in [0.1, 0.15) is 0 Å². The van der Waals surface area contributed by atoms with Crippen LogP contribution in [-0.4, -0.2) is 20.2 Å². The van der Waals surface area contributed by atoms with E-state index in [4.69, 9.17) is 0 Å². The van der Waals surface area contributed by atoms with E-state index in [1.54, 1.807) is 30.3 Å². The predicted molar refractivity (Wildman–Crippen MR) is 44.2 cm³/mol. The molecule has 2 rings (SSSR count). The normalized spacial score (nSPS) is 11.7. The number of alkyl halides is 3. The third kappa shape index (κ3) is 1.95. The second-order valence-electron chi connectivity index (χ2n) is 2.74. The zero-order valence-electron chi connectivity index (χ0n) is 7.31. The Hall–Kier alpha value is -1.92. The van der Waals surface area contributed by atoms with E-state index in [1.165, 1.54) is 0 Å². The largest absolute Gasteiger partial charge is 0.455 e. The molecule has 2 aromatic rings. The topological polar surface area (TPSA) is 43.6 Å². The molecule has 1 heterocycles. The van der Waals surface area contributed by atoms with Crippen molar-refractivity contribution in [3.05, 3.63) is 36.2 Å². The molecule has 0 spiro atoms. The quantitative estimate of drug-likeness (QED) is 0.725. The lowest BCUT2D eigenvalue weighted by Crippen LogP contribution is -2.08. The summed E-state index contributed by atoms with van der Waals surface area (Å²) >= 11 is 0. The molecule has 0 unspecified atom stereocenters. The Bertz CT molecular complexity index is 448. The number of hydrogen-bond donors (Lipinski definition) is 0. The summed E-state index contributed by atoms with van der Waals surface area (Å²) in [5.41, 5.74) is 0.431. The number of nitrogens with zero attached hydrogens (tertiary/aromatic N) is 4. The third-order valence-electron chi connectivity index (χ3n) is 1.65. The SMILES string of the molecule is FC(F)(F)c1nnn(-c2ccccc2)n1. The van der Waals surface area contributed by atoms with Crippen molar-refractivity contribution in [1.29, 1.82) is 0 Å². The summed E-state index contributed by atoms with van der Waals surface area (Å²) < 4.78 is 36.4.